The van der Waals surface area contributed by atoms with Crippen LogP contribution >= 0.6 is 23.2 Å². The molecule has 0 spiro atoms. The van der Waals surface area contributed by atoms with Crippen LogP contribution in [-0.4, -0.2) is 34.0 Å². The maximum atomic E-state index is 13.2. The molecule has 2 aromatic carbocycles. The van der Waals surface area contributed by atoms with Gasteiger partial charge in [0.15, 0.2) is 0 Å². The number of aromatic hydroxyl groups is 1. The lowest BCUT2D eigenvalue weighted by atomic mass is 9.97. The molecule has 0 aliphatic carbocycles. The van der Waals surface area contributed by atoms with Crippen LogP contribution in [0.1, 0.15) is 22.9 Å². The number of ether oxygens (including phenoxy) is 1. The van der Waals surface area contributed by atoms with E-state index in [1.807, 2.05) is 0 Å². The van der Waals surface area contributed by atoms with Gasteiger partial charge >= 0.3 is 0 Å². The lowest BCUT2D eigenvalue weighted by Gasteiger charge is -2.25. The molecule has 0 saturated carbocycles. The Hall–Kier alpha value is -3.55. The molecule has 3 aromatic rings. The van der Waals surface area contributed by atoms with Crippen LogP contribution in [0.3, 0.4) is 0 Å². The molecule has 1 unspecified atom stereocenters. The molecule has 1 aromatic heterocycles. The second kappa shape index (κ2) is 8.77. The number of hydrogen-bond donors (Lipinski definition) is 2. The molecule has 7 nitrogen and oxygen atoms in total. The molecule has 1 atom stereocenters. The van der Waals surface area contributed by atoms with Crippen molar-refractivity contribution in [2.45, 2.75) is 13.0 Å². The van der Waals surface area contributed by atoms with Crippen molar-refractivity contribution in [2.24, 2.45) is 0 Å². The predicted octanol–water partition coefficient (Wildman–Crippen LogP) is 5.04. The van der Waals surface area contributed by atoms with Crippen molar-refractivity contribution in [3.63, 3.8) is 0 Å². The Morgan fingerprint density at radius 1 is 1.12 bits per heavy atom. The number of aliphatic hydroxyl groups excluding tert-OH is 1. The molecule has 2 N–H and O–H groups in total. The van der Waals surface area contributed by atoms with E-state index in [9.17, 15) is 19.8 Å². The van der Waals surface area contributed by atoms with Crippen LogP contribution in [0.5, 0.6) is 11.5 Å². The van der Waals surface area contributed by atoms with Crippen LogP contribution in [0.4, 0.5) is 5.69 Å². The van der Waals surface area contributed by atoms with Gasteiger partial charge in [0.2, 0.25) is 0 Å². The van der Waals surface area contributed by atoms with Crippen molar-refractivity contribution in [3.8, 4) is 11.5 Å². The van der Waals surface area contributed by atoms with Gasteiger partial charge in [0, 0.05) is 11.2 Å². The van der Waals surface area contributed by atoms with E-state index in [4.69, 9.17) is 27.9 Å². The van der Waals surface area contributed by atoms with Gasteiger partial charge < -0.3 is 14.9 Å². The van der Waals surface area contributed by atoms with Crippen molar-refractivity contribution in [2.75, 3.05) is 12.0 Å². The molecule has 9 heteroatoms. The van der Waals surface area contributed by atoms with Crippen LogP contribution in [0.15, 0.2) is 60.3 Å². The molecule has 1 saturated heterocycles. The molecule has 4 rings (SSSR count). The number of aliphatic hydroxyl groups is 1. The first kappa shape index (κ1) is 22.6. The number of aryl methyl sites for hydroxylation is 1. The third-order valence-electron chi connectivity index (χ3n) is 5.27. The number of halogens is 2. The Labute approximate surface area is 199 Å². The lowest BCUT2D eigenvalue weighted by molar-refractivity contribution is -0.132. The van der Waals surface area contributed by atoms with E-state index < -0.39 is 23.5 Å². The number of ketones is 1. The number of Topliss-reactive ketones (excluding diaryl/α,β-unsaturated/α-hetero) is 1. The van der Waals surface area contributed by atoms with Crippen LogP contribution < -0.4 is 9.64 Å². The number of benzene rings is 2. The molecular formula is C24H18Cl2N2O5. The molecule has 0 radical (unpaired) electrons. The van der Waals surface area contributed by atoms with Gasteiger partial charge in [-0.15, -0.1) is 0 Å². The van der Waals surface area contributed by atoms with Crippen molar-refractivity contribution >= 4 is 46.3 Å². The normalized spacial score (nSPS) is 17.5. The highest BCUT2D eigenvalue weighted by Gasteiger charge is 2.48. The molecule has 33 heavy (non-hydrogen) atoms. The summed E-state index contributed by atoms with van der Waals surface area (Å²) in [6, 6.07) is 11.4. The maximum absolute atomic E-state index is 13.2. The number of hydrogen-bond acceptors (Lipinski definition) is 6. The average Bonchev–Trinajstić information content (AvgIpc) is 3.05. The number of aromatic nitrogens is 1. The van der Waals surface area contributed by atoms with Crippen molar-refractivity contribution in [1.82, 2.24) is 4.98 Å². The Morgan fingerprint density at radius 3 is 2.55 bits per heavy atom. The molecule has 1 fully saturated rings. The second-order valence-electron chi connectivity index (χ2n) is 7.38. The second-order valence-corrected chi connectivity index (χ2v) is 8.23. The number of methoxy groups -OCH3 is 1. The van der Waals surface area contributed by atoms with Gasteiger partial charge in [-0.25, -0.2) is 0 Å². The Bertz CT molecular complexity index is 1310. The Balaban J connectivity index is 2.03. The monoisotopic (exact) mass is 484 g/mol. The van der Waals surface area contributed by atoms with Crippen LogP contribution in [0.25, 0.3) is 5.76 Å². The van der Waals surface area contributed by atoms with E-state index in [1.165, 1.54) is 31.5 Å². The van der Waals surface area contributed by atoms with Crippen LogP contribution in [0, 0.1) is 6.92 Å². The van der Waals surface area contributed by atoms with E-state index >= 15 is 0 Å². The number of phenolic OH excluding ortho intramolecular Hbond substituents is 1. The van der Waals surface area contributed by atoms with E-state index in [0.717, 1.165) is 10.5 Å². The molecule has 1 amide bonds. The van der Waals surface area contributed by atoms with Gasteiger partial charge in [-0.2, -0.15) is 0 Å². The van der Waals surface area contributed by atoms with Crippen LogP contribution in [-0.2, 0) is 9.59 Å². The highest BCUT2D eigenvalue weighted by atomic mass is 35.5. The van der Waals surface area contributed by atoms with Crippen molar-refractivity contribution in [3.05, 3.63) is 87.2 Å². The Morgan fingerprint density at radius 2 is 1.88 bits per heavy atom. The zero-order valence-corrected chi connectivity index (χ0v) is 19.1. The zero-order chi connectivity index (χ0) is 23.9. The number of rotatable bonds is 4. The highest BCUT2D eigenvalue weighted by Crippen LogP contribution is 2.46. The summed E-state index contributed by atoms with van der Waals surface area (Å²) >= 11 is 12.3. The van der Waals surface area contributed by atoms with E-state index in [0.29, 0.717) is 5.69 Å². The topological polar surface area (TPSA) is 100.0 Å². The fourth-order valence-corrected chi connectivity index (χ4v) is 4.38. The van der Waals surface area contributed by atoms with E-state index in [1.54, 1.807) is 37.3 Å². The maximum Gasteiger partial charge on any atom is 0.300 e. The number of carbonyl (C=O) groups is 2. The fraction of sp³-hybridized carbons (Fsp3) is 0.125. The first-order valence-corrected chi connectivity index (χ1v) is 10.5. The van der Waals surface area contributed by atoms with Crippen LogP contribution in [0.2, 0.25) is 10.0 Å². The summed E-state index contributed by atoms with van der Waals surface area (Å²) in [6.45, 7) is 1.79. The number of phenols is 1. The molecule has 0 bridgehead atoms. The number of anilines is 1. The van der Waals surface area contributed by atoms with E-state index in [2.05, 4.69) is 4.98 Å². The van der Waals surface area contributed by atoms with Crippen molar-refractivity contribution in [1.29, 1.82) is 0 Å². The summed E-state index contributed by atoms with van der Waals surface area (Å²) in [7, 11) is 1.35. The first-order valence-electron chi connectivity index (χ1n) is 9.79. The minimum Gasteiger partial charge on any atom is -0.507 e. The minimum absolute atomic E-state index is 0.0439. The summed E-state index contributed by atoms with van der Waals surface area (Å²) < 4.78 is 5.31. The Kier molecular flexibility index (Phi) is 6.01. The average molecular weight is 485 g/mol. The summed E-state index contributed by atoms with van der Waals surface area (Å²) in [6.07, 6.45) is 1.50. The molecule has 1 aliphatic heterocycles. The fourth-order valence-electron chi connectivity index (χ4n) is 3.81. The first-order chi connectivity index (χ1) is 15.7. The summed E-state index contributed by atoms with van der Waals surface area (Å²) in [5.41, 5.74) is 0.987. The summed E-state index contributed by atoms with van der Waals surface area (Å²) in [4.78, 5) is 31.9. The predicted molar refractivity (Wildman–Crippen MR) is 125 cm³/mol. The molecule has 168 valence electrons. The number of pyridine rings is 1. The highest BCUT2D eigenvalue weighted by molar-refractivity contribution is 6.52. The standard InChI is InChI=1S/C24H18Cl2N2O5/c1-12-6-7-18(29)17(9-12)28-20(16-5-3-4-8-27-16)19(22(31)24(28)32)21(30)14-10-13(25)11-15(26)23(14)33-2/h3-11,20,29-30H,1-2H3/b21-19+. The zero-order valence-electron chi connectivity index (χ0n) is 17.5. The molecule has 2 heterocycles. The number of amides is 1. The van der Waals surface area contributed by atoms with Gasteiger partial charge in [0.25, 0.3) is 11.7 Å². The summed E-state index contributed by atoms with van der Waals surface area (Å²) in [5, 5.41) is 22.1. The third-order valence-corrected chi connectivity index (χ3v) is 5.77. The van der Waals surface area contributed by atoms with Crippen molar-refractivity contribution < 1.29 is 24.5 Å². The van der Waals surface area contributed by atoms with Gasteiger partial charge in [0.1, 0.15) is 23.3 Å². The number of carbonyl (C=O) groups excluding carboxylic acids is 2. The smallest absolute Gasteiger partial charge is 0.300 e. The minimum atomic E-state index is -1.12. The van der Waals surface area contributed by atoms with Gasteiger partial charge in [-0.3, -0.25) is 19.5 Å². The quantitative estimate of drug-likeness (QED) is 0.305. The van der Waals surface area contributed by atoms with E-state index in [-0.39, 0.29) is 38.4 Å². The summed E-state index contributed by atoms with van der Waals surface area (Å²) in [5.74, 6) is -2.53. The molecular weight excluding hydrogens is 467 g/mol. The lowest BCUT2D eigenvalue weighted by Crippen LogP contribution is -2.30. The van der Waals surface area contributed by atoms with Gasteiger partial charge in [0.05, 0.1) is 34.7 Å². The SMILES string of the molecule is COc1c(Cl)cc(Cl)cc1/C(O)=C1\C(=O)C(=O)N(c2cc(C)ccc2O)C1c1ccccn1. The number of nitrogens with zero attached hydrogens (tertiary/aromatic N) is 2. The molecule has 1 aliphatic rings. The van der Waals surface area contributed by atoms with Gasteiger partial charge in [-0.1, -0.05) is 35.3 Å². The third kappa shape index (κ3) is 3.90. The van der Waals surface area contributed by atoms with Gasteiger partial charge in [-0.05, 0) is 48.9 Å². The largest absolute Gasteiger partial charge is 0.507 e.